The topological polar surface area (TPSA) is 48.8 Å². The number of hydrogen-bond donors (Lipinski definition) is 0. The van der Waals surface area contributed by atoms with E-state index in [4.69, 9.17) is 5.53 Å². The van der Waals surface area contributed by atoms with E-state index < -0.39 is 0 Å². The van der Waals surface area contributed by atoms with E-state index in [0.29, 0.717) is 5.92 Å². The normalized spacial score (nSPS) is 33.8. The first kappa shape index (κ1) is 16.4. The van der Waals surface area contributed by atoms with Crippen LogP contribution in [0.2, 0.25) is 0 Å². The van der Waals surface area contributed by atoms with E-state index in [1.165, 1.54) is 64.2 Å². The van der Waals surface area contributed by atoms with Crippen LogP contribution >= 0.6 is 0 Å². The number of rotatable bonds is 6. The molecule has 0 aromatic rings. The van der Waals surface area contributed by atoms with Crippen LogP contribution in [0.1, 0.15) is 71.1 Å². The van der Waals surface area contributed by atoms with E-state index in [2.05, 4.69) is 29.1 Å². The van der Waals surface area contributed by atoms with Gasteiger partial charge in [0.05, 0.1) is 0 Å². The van der Waals surface area contributed by atoms with E-state index in [9.17, 15) is 0 Å². The molecule has 0 heterocycles. The Kier molecular flexibility index (Phi) is 7.15. The zero-order valence-electron chi connectivity index (χ0n) is 13.6. The average molecular weight is 289 g/mol. The molecule has 0 aromatic heterocycles. The van der Waals surface area contributed by atoms with Gasteiger partial charge in [0.25, 0.3) is 0 Å². The molecule has 0 spiro atoms. The molecule has 118 valence electrons. The quantitative estimate of drug-likeness (QED) is 0.239. The lowest BCUT2D eigenvalue weighted by Gasteiger charge is -2.37. The SMILES string of the molecule is C/C=C/CCC1CCC(C2CCC(CN=[N+]=[N-])CC2)CC1. The maximum Gasteiger partial charge on any atom is 0.0286 e. The molecule has 0 saturated heterocycles. The number of nitrogens with zero attached hydrogens (tertiary/aromatic N) is 3. The first-order valence-corrected chi connectivity index (χ1v) is 8.95. The fraction of sp³-hybridized carbons (Fsp3) is 0.889. The Labute approximate surface area is 129 Å². The first-order chi connectivity index (χ1) is 10.3. The van der Waals surface area contributed by atoms with E-state index >= 15 is 0 Å². The Morgan fingerprint density at radius 2 is 1.52 bits per heavy atom. The summed E-state index contributed by atoms with van der Waals surface area (Å²) in [6, 6.07) is 0. The van der Waals surface area contributed by atoms with Gasteiger partial charge in [-0.2, -0.15) is 0 Å². The van der Waals surface area contributed by atoms with Gasteiger partial charge >= 0.3 is 0 Å². The predicted molar refractivity (Wildman–Crippen MR) is 89.0 cm³/mol. The van der Waals surface area contributed by atoms with Crippen molar-refractivity contribution in [2.24, 2.45) is 28.8 Å². The van der Waals surface area contributed by atoms with Gasteiger partial charge in [-0.1, -0.05) is 42.9 Å². The van der Waals surface area contributed by atoms with Crippen molar-refractivity contribution in [1.29, 1.82) is 0 Å². The van der Waals surface area contributed by atoms with E-state index in [1.54, 1.807) is 0 Å². The summed E-state index contributed by atoms with van der Waals surface area (Å²) in [6.07, 6.45) is 18.3. The maximum atomic E-state index is 8.41. The van der Waals surface area contributed by atoms with Crippen LogP contribution in [0.3, 0.4) is 0 Å². The molecule has 3 heteroatoms. The zero-order valence-corrected chi connectivity index (χ0v) is 13.6. The van der Waals surface area contributed by atoms with Gasteiger partial charge in [0.15, 0.2) is 0 Å². The van der Waals surface area contributed by atoms with Crippen molar-refractivity contribution in [1.82, 2.24) is 0 Å². The summed E-state index contributed by atoms with van der Waals surface area (Å²) in [4.78, 5) is 2.90. The summed E-state index contributed by atoms with van der Waals surface area (Å²) in [6.45, 7) is 2.84. The molecule has 2 aliphatic rings. The van der Waals surface area contributed by atoms with Gasteiger partial charge in [0, 0.05) is 11.5 Å². The summed E-state index contributed by atoms with van der Waals surface area (Å²) in [5, 5.41) is 3.75. The van der Waals surface area contributed by atoms with Crippen molar-refractivity contribution >= 4 is 0 Å². The van der Waals surface area contributed by atoms with Crippen LogP contribution < -0.4 is 0 Å². The Morgan fingerprint density at radius 3 is 2.05 bits per heavy atom. The van der Waals surface area contributed by atoms with Crippen LogP contribution in [0, 0.1) is 23.7 Å². The standard InChI is InChI=1S/C18H31N3/c1-2-3-4-5-15-6-10-17(11-7-15)18-12-8-16(9-13-18)14-20-21-19/h2-3,15-18H,4-14H2,1H3/b3-2+. The highest BCUT2D eigenvalue weighted by Gasteiger charge is 2.30. The van der Waals surface area contributed by atoms with Crippen molar-refractivity contribution < 1.29 is 0 Å². The minimum absolute atomic E-state index is 0.661. The zero-order chi connectivity index (χ0) is 14.9. The molecule has 0 atom stereocenters. The van der Waals surface area contributed by atoms with Crippen molar-refractivity contribution in [2.75, 3.05) is 6.54 Å². The predicted octanol–water partition coefficient (Wildman–Crippen LogP) is 6.27. The summed E-state index contributed by atoms with van der Waals surface area (Å²) in [5.41, 5.74) is 8.41. The van der Waals surface area contributed by atoms with Gasteiger partial charge < -0.3 is 0 Å². The van der Waals surface area contributed by atoms with Crippen LogP contribution in [0.5, 0.6) is 0 Å². The lowest BCUT2D eigenvalue weighted by Crippen LogP contribution is -2.26. The van der Waals surface area contributed by atoms with Gasteiger partial charge in [-0.3, -0.25) is 0 Å². The highest BCUT2D eigenvalue weighted by Crippen LogP contribution is 2.42. The van der Waals surface area contributed by atoms with E-state index in [0.717, 1.165) is 24.3 Å². The number of allylic oxidation sites excluding steroid dienone is 2. The van der Waals surface area contributed by atoms with E-state index in [-0.39, 0.29) is 0 Å². The summed E-state index contributed by atoms with van der Waals surface area (Å²) in [5.74, 6) is 3.60. The van der Waals surface area contributed by atoms with E-state index in [1.807, 2.05) is 0 Å². The minimum Gasteiger partial charge on any atom is -0.0937 e. The van der Waals surface area contributed by atoms with Gasteiger partial charge in [-0.05, 0) is 74.7 Å². The minimum atomic E-state index is 0.661. The highest BCUT2D eigenvalue weighted by molar-refractivity contribution is 4.84. The van der Waals surface area contributed by atoms with Crippen LogP contribution in [0.4, 0.5) is 0 Å². The number of hydrogen-bond acceptors (Lipinski definition) is 1. The lowest BCUT2D eigenvalue weighted by atomic mass is 9.69. The van der Waals surface area contributed by atoms with Crippen molar-refractivity contribution in [3.05, 3.63) is 22.6 Å². The fourth-order valence-corrected chi connectivity index (χ4v) is 4.44. The van der Waals surface area contributed by atoms with Gasteiger partial charge in [0.1, 0.15) is 0 Å². The molecule has 0 aliphatic heterocycles. The second kappa shape index (κ2) is 9.15. The molecule has 0 unspecified atom stereocenters. The Balaban J connectivity index is 1.65. The van der Waals surface area contributed by atoms with Crippen LogP contribution in [-0.4, -0.2) is 6.54 Å². The van der Waals surface area contributed by atoms with Gasteiger partial charge in [-0.25, -0.2) is 0 Å². The van der Waals surface area contributed by atoms with Crippen molar-refractivity contribution in [2.45, 2.75) is 71.1 Å². The summed E-state index contributed by atoms with van der Waals surface area (Å²) >= 11 is 0. The Bertz CT molecular complexity index is 355. The molecule has 2 rings (SSSR count). The highest BCUT2D eigenvalue weighted by atomic mass is 15.1. The molecule has 21 heavy (non-hydrogen) atoms. The summed E-state index contributed by atoms with van der Waals surface area (Å²) < 4.78 is 0. The van der Waals surface area contributed by atoms with Crippen LogP contribution in [0.15, 0.2) is 17.3 Å². The Hall–Kier alpha value is -0.950. The van der Waals surface area contributed by atoms with Crippen molar-refractivity contribution in [3.8, 4) is 0 Å². The molecule has 2 saturated carbocycles. The number of azide groups is 1. The maximum absolute atomic E-state index is 8.41. The molecule has 3 nitrogen and oxygen atoms in total. The molecule has 0 bridgehead atoms. The Morgan fingerprint density at radius 1 is 0.952 bits per heavy atom. The molecule has 0 N–H and O–H groups in total. The monoisotopic (exact) mass is 289 g/mol. The van der Waals surface area contributed by atoms with Crippen LogP contribution in [0.25, 0.3) is 10.4 Å². The molecule has 2 aliphatic carbocycles. The van der Waals surface area contributed by atoms with Crippen LogP contribution in [-0.2, 0) is 0 Å². The molecular formula is C18H31N3. The third kappa shape index (κ3) is 5.39. The third-order valence-corrected chi connectivity index (χ3v) is 5.83. The van der Waals surface area contributed by atoms with Gasteiger partial charge in [-0.15, -0.1) is 0 Å². The molecular weight excluding hydrogens is 258 g/mol. The lowest BCUT2D eigenvalue weighted by molar-refractivity contribution is 0.145. The van der Waals surface area contributed by atoms with Crippen molar-refractivity contribution in [3.63, 3.8) is 0 Å². The third-order valence-electron chi connectivity index (χ3n) is 5.83. The smallest absolute Gasteiger partial charge is 0.0286 e. The molecule has 2 fully saturated rings. The second-order valence-corrected chi connectivity index (χ2v) is 7.12. The average Bonchev–Trinajstić information content (AvgIpc) is 2.54. The first-order valence-electron chi connectivity index (χ1n) is 8.95. The second-order valence-electron chi connectivity index (χ2n) is 7.12. The fourth-order valence-electron chi connectivity index (χ4n) is 4.44. The molecule has 0 aromatic carbocycles. The largest absolute Gasteiger partial charge is 0.0937 e. The van der Waals surface area contributed by atoms with Gasteiger partial charge in [0.2, 0.25) is 0 Å². The molecule has 0 radical (unpaired) electrons. The summed E-state index contributed by atoms with van der Waals surface area (Å²) in [7, 11) is 0. The molecule has 0 amide bonds.